The van der Waals surface area contributed by atoms with Crippen molar-refractivity contribution in [3.05, 3.63) is 40.9 Å². The lowest BCUT2D eigenvalue weighted by atomic mass is 10.1. The van der Waals surface area contributed by atoms with E-state index >= 15 is 0 Å². The molecule has 1 unspecified atom stereocenters. The molecule has 2 aromatic rings. The Kier molecular flexibility index (Phi) is 5.81. The van der Waals surface area contributed by atoms with E-state index in [1.165, 1.54) is 11.3 Å². The zero-order valence-corrected chi connectivity index (χ0v) is 14.2. The molecule has 122 valence electrons. The van der Waals surface area contributed by atoms with E-state index in [-0.39, 0.29) is 30.2 Å². The van der Waals surface area contributed by atoms with Gasteiger partial charge in [0.25, 0.3) is 5.91 Å². The molecule has 0 fully saturated rings. The Balaban J connectivity index is 1.83. The summed E-state index contributed by atoms with van der Waals surface area (Å²) in [6, 6.07) is 8.64. The summed E-state index contributed by atoms with van der Waals surface area (Å²) in [5.41, 5.74) is 0.574. The lowest BCUT2D eigenvalue weighted by Crippen LogP contribution is -2.35. The van der Waals surface area contributed by atoms with Crippen LogP contribution < -0.4 is 10.6 Å². The highest BCUT2D eigenvalue weighted by atomic mass is 32.1. The standard InChI is InChI=1S/C16H20N4O2S/c1-10(2)15-19-20-16(23-15)18-13(21)9-11(3)17-14(22)12-7-5-4-6-8-12/h4-8,10-11H,9H2,1-3H3,(H,17,22)(H,18,20,21). The smallest absolute Gasteiger partial charge is 0.251 e. The highest BCUT2D eigenvalue weighted by Crippen LogP contribution is 2.22. The third-order valence-corrected chi connectivity index (χ3v) is 4.23. The minimum atomic E-state index is -0.278. The maximum atomic E-state index is 12.0. The molecule has 0 aliphatic heterocycles. The van der Waals surface area contributed by atoms with E-state index in [2.05, 4.69) is 20.8 Å². The van der Waals surface area contributed by atoms with Gasteiger partial charge in [-0.05, 0) is 19.1 Å². The fourth-order valence-electron chi connectivity index (χ4n) is 1.91. The van der Waals surface area contributed by atoms with Gasteiger partial charge in [-0.15, -0.1) is 10.2 Å². The summed E-state index contributed by atoms with van der Waals surface area (Å²) in [4.78, 5) is 24.0. The molecule has 2 rings (SSSR count). The van der Waals surface area contributed by atoms with Gasteiger partial charge in [0.05, 0.1) is 0 Å². The molecule has 7 heteroatoms. The quantitative estimate of drug-likeness (QED) is 0.852. The fraction of sp³-hybridized carbons (Fsp3) is 0.375. The summed E-state index contributed by atoms with van der Waals surface area (Å²) >= 11 is 1.37. The number of nitrogens with one attached hydrogen (secondary N) is 2. The SMILES string of the molecule is CC(CC(=O)Nc1nnc(C(C)C)s1)NC(=O)c1ccccc1. The summed E-state index contributed by atoms with van der Waals surface area (Å²) < 4.78 is 0. The molecule has 1 atom stereocenters. The van der Waals surface area contributed by atoms with Crippen molar-refractivity contribution in [1.82, 2.24) is 15.5 Å². The molecule has 1 aromatic carbocycles. The van der Waals surface area contributed by atoms with Crippen LogP contribution in [0.1, 0.15) is 48.5 Å². The number of rotatable bonds is 6. The highest BCUT2D eigenvalue weighted by molar-refractivity contribution is 7.15. The molecule has 0 aliphatic rings. The van der Waals surface area contributed by atoms with Crippen molar-refractivity contribution in [3.8, 4) is 0 Å². The van der Waals surface area contributed by atoms with E-state index in [1.807, 2.05) is 19.9 Å². The van der Waals surface area contributed by atoms with Gasteiger partial charge in [0, 0.05) is 23.9 Å². The van der Waals surface area contributed by atoms with Gasteiger partial charge in [-0.2, -0.15) is 0 Å². The average molecular weight is 332 g/mol. The lowest BCUT2D eigenvalue weighted by molar-refractivity contribution is -0.116. The molecule has 0 aliphatic carbocycles. The van der Waals surface area contributed by atoms with Crippen LogP contribution in [-0.2, 0) is 4.79 Å². The number of benzene rings is 1. The third-order valence-electron chi connectivity index (χ3n) is 3.09. The monoisotopic (exact) mass is 332 g/mol. The number of carbonyl (C=O) groups is 2. The molecular formula is C16H20N4O2S. The van der Waals surface area contributed by atoms with E-state index < -0.39 is 0 Å². The van der Waals surface area contributed by atoms with Crippen molar-refractivity contribution >= 4 is 28.3 Å². The van der Waals surface area contributed by atoms with Gasteiger partial charge in [0.1, 0.15) is 5.01 Å². The first-order chi connectivity index (χ1) is 11.0. The first-order valence-corrected chi connectivity index (χ1v) is 8.26. The van der Waals surface area contributed by atoms with Gasteiger partial charge < -0.3 is 10.6 Å². The van der Waals surface area contributed by atoms with Crippen LogP contribution in [-0.4, -0.2) is 28.1 Å². The molecule has 1 heterocycles. The molecular weight excluding hydrogens is 312 g/mol. The first kappa shape index (κ1) is 17.1. The van der Waals surface area contributed by atoms with Crippen LogP contribution in [0, 0.1) is 0 Å². The maximum Gasteiger partial charge on any atom is 0.251 e. The molecule has 1 aromatic heterocycles. The summed E-state index contributed by atoms with van der Waals surface area (Å²) in [5, 5.41) is 14.8. The Morgan fingerprint density at radius 1 is 1.13 bits per heavy atom. The van der Waals surface area contributed by atoms with E-state index in [9.17, 15) is 9.59 Å². The number of amides is 2. The number of carbonyl (C=O) groups excluding carboxylic acids is 2. The van der Waals surface area contributed by atoms with E-state index in [4.69, 9.17) is 0 Å². The molecule has 0 saturated heterocycles. The van der Waals surface area contributed by atoms with Gasteiger partial charge in [-0.25, -0.2) is 0 Å². The minimum absolute atomic E-state index is 0.176. The Labute approximate surface area is 139 Å². The van der Waals surface area contributed by atoms with E-state index in [1.54, 1.807) is 31.2 Å². The van der Waals surface area contributed by atoms with E-state index in [0.717, 1.165) is 5.01 Å². The van der Waals surface area contributed by atoms with Crippen molar-refractivity contribution < 1.29 is 9.59 Å². The Bertz CT molecular complexity index is 670. The predicted molar refractivity (Wildman–Crippen MR) is 90.6 cm³/mol. The second-order valence-corrected chi connectivity index (χ2v) is 6.60. The Morgan fingerprint density at radius 2 is 1.83 bits per heavy atom. The number of hydrogen-bond acceptors (Lipinski definition) is 5. The number of aromatic nitrogens is 2. The van der Waals surface area contributed by atoms with Crippen molar-refractivity contribution in [2.75, 3.05) is 5.32 Å². The Hall–Kier alpha value is -2.28. The molecule has 0 bridgehead atoms. The topological polar surface area (TPSA) is 84.0 Å². The lowest BCUT2D eigenvalue weighted by Gasteiger charge is -2.13. The predicted octanol–water partition coefficient (Wildman–Crippen LogP) is 2.81. The minimum Gasteiger partial charge on any atom is -0.349 e. The normalized spacial score (nSPS) is 12.0. The van der Waals surface area contributed by atoms with Crippen LogP contribution in [0.4, 0.5) is 5.13 Å². The van der Waals surface area contributed by atoms with Crippen molar-refractivity contribution in [2.24, 2.45) is 0 Å². The molecule has 0 saturated carbocycles. The van der Waals surface area contributed by atoms with Gasteiger partial charge in [-0.1, -0.05) is 43.4 Å². The van der Waals surface area contributed by atoms with Gasteiger partial charge in [0.2, 0.25) is 11.0 Å². The number of anilines is 1. The summed E-state index contributed by atoms with van der Waals surface area (Å²) in [6.45, 7) is 5.83. The summed E-state index contributed by atoms with van der Waals surface area (Å²) in [6.07, 6.45) is 0.176. The zero-order chi connectivity index (χ0) is 16.8. The van der Waals surface area contributed by atoms with Crippen molar-refractivity contribution in [3.63, 3.8) is 0 Å². The largest absolute Gasteiger partial charge is 0.349 e. The van der Waals surface area contributed by atoms with Crippen molar-refractivity contribution in [1.29, 1.82) is 0 Å². The van der Waals surface area contributed by atoms with Gasteiger partial charge >= 0.3 is 0 Å². The molecule has 0 radical (unpaired) electrons. The van der Waals surface area contributed by atoms with Crippen molar-refractivity contribution in [2.45, 2.75) is 39.2 Å². The average Bonchev–Trinajstić information content (AvgIpc) is 2.96. The van der Waals surface area contributed by atoms with Gasteiger partial charge in [0.15, 0.2) is 0 Å². The summed E-state index contributed by atoms with van der Waals surface area (Å²) in [7, 11) is 0. The van der Waals surface area contributed by atoms with Crippen LogP contribution in [0.15, 0.2) is 30.3 Å². The third kappa shape index (κ3) is 5.14. The molecule has 2 amide bonds. The molecule has 6 nitrogen and oxygen atoms in total. The second kappa shape index (κ2) is 7.82. The second-order valence-electron chi connectivity index (χ2n) is 5.59. The van der Waals surface area contributed by atoms with Crippen LogP contribution in [0.3, 0.4) is 0 Å². The van der Waals surface area contributed by atoms with Crippen LogP contribution in [0.2, 0.25) is 0 Å². The van der Waals surface area contributed by atoms with Crippen LogP contribution in [0.5, 0.6) is 0 Å². The molecule has 23 heavy (non-hydrogen) atoms. The highest BCUT2D eigenvalue weighted by Gasteiger charge is 2.15. The first-order valence-electron chi connectivity index (χ1n) is 7.45. The van der Waals surface area contributed by atoms with Crippen LogP contribution >= 0.6 is 11.3 Å². The summed E-state index contributed by atoms with van der Waals surface area (Å²) in [5.74, 6) is -0.108. The maximum absolute atomic E-state index is 12.0. The zero-order valence-electron chi connectivity index (χ0n) is 13.4. The van der Waals surface area contributed by atoms with Gasteiger partial charge in [-0.3, -0.25) is 9.59 Å². The molecule has 0 spiro atoms. The van der Waals surface area contributed by atoms with Crippen LogP contribution in [0.25, 0.3) is 0 Å². The van der Waals surface area contributed by atoms with E-state index in [0.29, 0.717) is 10.7 Å². The fourth-order valence-corrected chi connectivity index (χ4v) is 2.68. The Morgan fingerprint density at radius 3 is 2.43 bits per heavy atom. The number of nitrogens with zero attached hydrogens (tertiary/aromatic N) is 2. The molecule has 2 N–H and O–H groups in total. The number of hydrogen-bond donors (Lipinski definition) is 2.